The quantitative estimate of drug-likeness (QED) is 0.489. The summed E-state index contributed by atoms with van der Waals surface area (Å²) in [6.07, 6.45) is 2.01. The molecular formula is C19H14Cl2N6. The first-order valence-corrected chi connectivity index (χ1v) is 9.08. The molecule has 8 heteroatoms. The van der Waals surface area contributed by atoms with Crippen LogP contribution in [0.4, 0.5) is 11.5 Å². The Morgan fingerprint density at radius 1 is 1.19 bits per heavy atom. The molecule has 3 aromatic heterocycles. The number of fused-ring (bicyclic) bond motifs is 3. The van der Waals surface area contributed by atoms with Crippen LogP contribution in [0.1, 0.15) is 23.6 Å². The fourth-order valence-electron chi connectivity index (χ4n) is 3.32. The molecule has 27 heavy (non-hydrogen) atoms. The minimum Gasteiger partial charge on any atom is -0.336 e. The Kier molecular flexibility index (Phi) is 4.34. The van der Waals surface area contributed by atoms with Crippen molar-refractivity contribution in [3.63, 3.8) is 0 Å². The predicted octanol–water partition coefficient (Wildman–Crippen LogP) is 5.07. The summed E-state index contributed by atoms with van der Waals surface area (Å²) < 4.78 is 1.93. The van der Waals surface area contributed by atoms with Gasteiger partial charge < -0.3 is 5.32 Å². The number of anilines is 2. The first-order chi connectivity index (χ1) is 13.1. The Morgan fingerprint density at radius 3 is 2.56 bits per heavy atom. The average molecular weight is 397 g/mol. The molecule has 1 aromatic carbocycles. The summed E-state index contributed by atoms with van der Waals surface area (Å²) >= 11 is 12.5. The normalized spacial score (nSPS) is 11.1. The molecule has 0 unspecified atom stereocenters. The fraction of sp³-hybridized carbons (Fsp3) is 0.158. The monoisotopic (exact) mass is 396 g/mol. The van der Waals surface area contributed by atoms with Gasteiger partial charge in [-0.1, -0.05) is 42.3 Å². The van der Waals surface area contributed by atoms with E-state index in [2.05, 4.69) is 26.3 Å². The van der Waals surface area contributed by atoms with Crippen LogP contribution < -0.4 is 5.32 Å². The third kappa shape index (κ3) is 2.67. The van der Waals surface area contributed by atoms with E-state index < -0.39 is 0 Å². The molecule has 4 rings (SSSR count). The van der Waals surface area contributed by atoms with Crippen LogP contribution in [0.25, 0.3) is 16.7 Å². The minimum atomic E-state index is 0.219. The van der Waals surface area contributed by atoms with Gasteiger partial charge in [-0.25, -0.2) is 15.0 Å². The number of halogens is 2. The maximum absolute atomic E-state index is 9.74. The first-order valence-electron chi connectivity index (χ1n) is 8.32. The second kappa shape index (κ2) is 6.69. The van der Waals surface area contributed by atoms with Crippen molar-refractivity contribution in [3.05, 3.63) is 57.6 Å². The molecule has 0 amide bonds. The molecule has 0 bridgehead atoms. The van der Waals surface area contributed by atoms with Crippen molar-refractivity contribution in [2.24, 2.45) is 0 Å². The summed E-state index contributed by atoms with van der Waals surface area (Å²) in [7, 11) is 0. The molecule has 0 aliphatic rings. The molecule has 0 fully saturated rings. The van der Waals surface area contributed by atoms with E-state index in [-0.39, 0.29) is 10.3 Å². The van der Waals surface area contributed by atoms with E-state index in [0.29, 0.717) is 23.3 Å². The summed E-state index contributed by atoms with van der Waals surface area (Å²) in [5, 5.41) is 13.5. The molecule has 0 saturated heterocycles. The molecule has 0 radical (unpaired) electrons. The highest BCUT2D eigenvalue weighted by atomic mass is 35.5. The number of benzene rings is 1. The SMILES string of the molecule is CCc1c(C)c(C#N)c2nc3ccccc3n2c1Nc1c(Cl)ncnc1Cl. The zero-order valence-electron chi connectivity index (χ0n) is 14.6. The van der Waals surface area contributed by atoms with E-state index in [1.165, 1.54) is 6.33 Å². The summed E-state index contributed by atoms with van der Waals surface area (Å²) in [6.45, 7) is 3.96. The second-order valence-electron chi connectivity index (χ2n) is 6.01. The van der Waals surface area contributed by atoms with E-state index in [4.69, 9.17) is 23.2 Å². The number of nitrogens with zero attached hydrogens (tertiary/aromatic N) is 5. The molecule has 0 spiro atoms. The smallest absolute Gasteiger partial charge is 0.157 e. The molecule has 1 N–H and O–H groups in total. The van der Waals surface area contributed by atoms with Crippen LogP contribution in [0, 0.1) is 18.3 Å². The molecule has 0 atom stereocenters. The number of nitriles is 1. The Balaban J connectivity index is 2.14. The van der Waals surface area contributed by atoms with Gasteiger partial charge in [-0.2, -0.15) is 5.26 Å². The Labute approximate surface area is 165 Å². The van der Waals surface area contributed by atoms with Crippen molar-refractivity contribution in [2.75, 3.05) is 5.32 Å². The number of imidazole rings is 1. The Morgan fingerprint density at radius 2 is 1.89 bits per heavy atom. The number of aromatic nitrogens is 4. The van der Waals surface area contributed by atoms with Gasteiger partial charge in [-0.05, 0) is 36.6 Å². The minimum absolute atomic E-state index is 0.219. The highest BCUT2D eigenvalue weighted by Gasteiger charge is 2.21. The number of rotatable bonds is 3. The van der Waals surface area contributed by atoms with Crippen LogP contribution in [0.15, 0.2) is 30.6 Å². The lowest BCUT2D eigenvalue weighted by molar-refractivity contribution is 1.05. The predicted molar refractivity (Wildman–Crippen MR) is 107 cm³/mol. The third-order valence-corrected chi connectivity index (χ3v) is 5.16. The molecule has 134 valence electrons. The standard InChI is InChI=1S/C19H14Cl2N6/c1-3-11-10(2)12(8-22)19-25-13-6-4-5-7-14(13)27(19)18(11)26-15-16(20)23-9-24-17(15)21/h4-7,9,26H,3H2,1-2H3. The molecule has 3 heterocycles. The van der Waals surface area contributed by atoms with Gasteiger partial charge in [0, 0.05) is 0 Å². The van der Waals surface area contributed by atoms with Crippen molar-refractivity contribution in [1.29, 1.82) is 5.26 Å². The van der Waals surface area contributed by atoms with E-state index in [1.54, 1.807) is 0 Å². The van der Waals surface area contributed by atoms with Gasteiger partial charge >= 0.3 is 0 Å². The molecule has 6 nitrogen and oxygen atoms in total. The first kappa shape index (κ1) is 17.5. The highest BCUT2D eigenvalue weighted by Crippen LogP contribution is 2.36. The lowest BCUT2D eigenvalue weighted by atomic mass is 10.0. The summed E-state index contributed by atoms with van der Waals surface area (Å²) in [6, 6.07) is 10.0. The van der Waals surface area contributed by atoms with Crippen LogP contribution in [-0.2, 0) is 6.42 Å². The van der Waals surface area contributed by atoms with E-state index in [0.717, 1.165) is 28.0 Å². The molecular weight excluding hydrogens is 383 g/mol. The van der Waals surface area contributed by atoms with Gasteiger partial charge in [-0.3, -0.25) is 4.40 Å². The Bertz CT molecular complexity index is 1220. The van der Waals surface area contributed by atoms with E-state index >= 15 is 0 Å². The number of pyridine rings is 1. The van der Waals surface area contributed by atoms with Crippen molar-refractivity contribution < 1.29 is 0 Å². The van der Waals surface area contributed by atoms with Crippen LogP contribution in [-0.4, -0.2) is 19.4 Å². The lowest BCUT2D eigenvalue weighted by Gasteiger charge is -2.18. The van der Waals surface area contributed by atoms with Gasteiger partial charge in [0.2, 0.25) is 0 Å². The summed E-state index contributed by atoms with van der Waals surface area (Å²) in [4.78, 5) is 12.7. The van der Waals surface area contributed by atoms with Gasteiger partial charge in [0.1, 0.15) is 23.9 Å². The number of hydrogen-bond acceptors (Lipinski definition) is 5. The highest BCUT2D eigenvalue weighted by molar-refractivity contribution is 6.37. The maximum Gasteiger partial charge on any atom is 0.157 e. The third-order valence-electron chi connectivity index (χ3n) is 4.59. The second-order valence-corrected chi connectivity index (χ2v) is 6.72. The Hall–Kier alpha value is -2.88. The van der Waals surface area contributed by atoms with Crippen LogP contribution in [0.5, 0.6) is 0 Å². The number of para-hydroxylation sites is 2. The molecule has 0 aliphatic carbocycles. The largest absolute Gasteiger partial charge is 0.336 e. The van der Waals surface area contributed by atoms with E-state index in [9.17, 15) is 5.26 Å². The van der Waals surface area contributed by atoms with Crippen molar-refractivity contribution in [3.8, 4) is 6.07 Å². The van der Waals surface area contributed by atoms with Crippen molar-refractivity contribution in [1.82, 2.24) is 19.4 Å². The maximum atomic E-state index is 9.74. The van der Waals surface area contributed by atoms with Crippen LogP contribution in [0.2, 0.25) is 10.3 Å². The van der Waals surface area contributed by atoms with Gasteiger partial charge in [0.15, 0.2) is 16.0 Å². The van der Waals surface area contributed by atoms with E-state index in [1.807, 2.05) is 42.5 Å². The molecule has 0 saturated carbocycles. The topological polar surface area (TPSA) is 78.9 Å². The number of hydrogen-bond donors (Lipinski definition) is 1. The molecule has 4 aromatic rings. The molecule has 0 aliphatic heterocycles. The van der Waals surface area contributed by atoms with Gasteiger partial charge in [0.25, 0.3) is 0 Å². The number of nitrogens with one attached hydrogen (secondary N) is 1. The summed E-state index contributed by atoms with van der Waals surface area (Å²) in [5.74, 6) is 0.747. The average Bonchev–Trinajstić information content (AvgIpc) is 3.04. The van der Waals surface area contributed by atoms with Gasteiger partial charge in [0.05, 0.1) is 16.6 Å². The van der Waals surface area contributed by atoms with Crippen molar-refractivity contribution >= 4 is 51.4 Å². The zero-order valence-corrected chi connectivity index (χ0v) is 16.1. The fourth-order valence-corrected chi connectivity index (χ4v) is 3.72. The zero-order chi connectivity index (χ0) is 19.1. The van der Waals surface area contributed by atoms with Gasteiger partial charge in [-0.15, -0.1) is 0 Å². The van der Waals surface area contributed by atoms with Crippen molar-refractivity contribution in [2.45, 2.75) is 20.3 Å². The lowest BCUT2D eigenvalue weighted by Crippen LogP contribution is -2.08. The van der Waals surface area contributed by atoms with Crippen LogP contribution in [0.3, 0.4) is 0 Å². The summed E-state index contributed by atoms with van der Waals surface area (Å²) in [5.41, 5.74) is 5.07. The van der Waals surface area contributed by atoms with Crippen LogP contribution >= 0.6 is 23.2 Å².